The number of Topliss-reactive ketones (excluding diaryl/α,β-unsaturated/α-hetero) is 2. The van der Waals surface area contributed by atoms with Crippen LogP contribution in [0.2, 0.25) is 0 Å². The number of rotatable bonds is 18. The highest BCUT2D eigenvalue weighted by molar-refractivity contribution is 6.06. The first-order valence-electron chi connectivity index (χ1n) is 18.6. The summed E-state index contributed by atoms with van der Waals surface area (Å²) in [7, 11) is 4.13. The van der Waals surface area contributed by atoms with Crippen LogP contribution in [0.25, 0.3) is 0 Å². The smallest absolute Gasteiger partial charge is 0.323 e. The number of ketones is 2. The van der Waals surface area contributed by atoms with Gasteiger partial charge >= 0.3 is 11.9 Å². The Labute approximate surface area is 322 Å². The summed E-state index contributed by atoms with van der Waals surface area (Å²) in [6.45, 7) is 13.7. The third-order valence-electron chi connectivity index (χ3n) is 7.09. The second kappa shape index (κ2) is 35.1. The SMILES string of the molecule is CC.CC=O.CCCC(=O)NC(CC(=O)OC)CC(=O)c1ccccc1N.CCCC(=O)Nc1ccccc1C(=O)CC(NC)C(=O)OC.CCCCC. The van der Waals surface area contributed by atoms with Gasteiger partial charge in [0.1, 0.15) is 12.3 Å². The number of likely N-dealkylation sites (N-methyl/N-ethyl adjacent to an activating group) is 1. The standard InChI is InChI=1S/2C16H22N2O4.C5H12.C2H4O.C2H6/c1-4-7-15(20)18-12-9-6-5-8-11(12)14(19)10-13(17-2)16(21)22-3;1-3-6-15(20)18-11(10-16(21)22-2)9-14(19)12-7-4-5-8-13(12)17;1-3-5-4-2;1-2-3;1-2/h5-6,8-9,13,17H,4,7,10H2,1-3H3,(H,18,20);4-5,7-8,11H,3,6,9-10,17H2,1-2H3,(H,18,20);3-5H2,1-2H3;2H,1H3;1-2H3. The number of ether oxygens (including phenoxy) is 2. The maximum absolute atomic E-state index is 12.4. The number of methoxy groups -OCH3 is 2. The molecule has 5 N–H and O–H groups in total. The molecule has 13 nitrogen and oxygen atoms in total. The van der Waals surface area contributed by atoms with Gasteiger partial charge in [-0.3, -0.25) is 28.8 Å². The van der Waals surface area contributed by atoms with Gasteiger partial charge in [-0.1, -0.05) is 85.1 Å². The summed E-state index contributed by atoms with van der Waals surface area (Å²) in [5, 5.41) is 8.18. The maximum atomic E-state index is 12.4. The molecule has 2 aromatic carbocycles. The van der Waals surface area contributed by atoms with Gasteiger partial charge in [0, 0.05) is 48.5 Å². The van der Waals surface area contributed by atoms with Gasteiger partial charge in [-0.25, -0.2) is 0 Å². The lowest BCUT2D eigenvalue weighted by molar-refractivity contribution is -0.143. The molecular weight excluding hydrogens is 692 g/mol. The van der Waals surface area contributed by atoms with Gasteiger partial charge in [0.05, 0.1) is 26.3 Å². The Hall–Kier alpha value is -4.91. The number of carbonyl (C=O) groups is 7. The molecule has 0 aromatic heterocycles. The molecular formula is C41H66N4O9. The molecule has 0 heterocycles. The molecule has 13 heteroatoms. The fraction of sp³-hybridized carbons (Fsp3) is 0.537. The molecule has 0 saturated carbocycles. The molecule has 0 radical (unpaired) electrons. The van der Waals surface area contributed by atoms with E-state index in [-0.39, 0.29) is 42.6 Å². The maximum Gasteiger partial charge on any atom is 0.323 e. The first-order chi connectivity index (χ1) is 25.8. The number of esters is 2. The largest absolute Gasteiger partial charge is 0.469 e. The van der Waals surface area contributed by atoms with E-state index in [1.807, 2.05) is 27.7 Å². The number of para-hydroxylation sites is 2. The molecule has 304 valence electrons. The highest BCUT2D eigenvalue weighted by Gasteiger charge is 2.24. The minimum atomic E-state index is -0.711. The summed E-state index contributed by atoms with van der Waals surface area (Å²) in [6, 6.07) is 12.2. The number of nitrogens with one attached hydrogen (secondary N) is 3. The number of nitrogens with two attached hydrogens (primary N) is 1. The van der Waals surface area contributed by atoms with E-state index in [9.17, 15) is 28.8 Å². The van der Waals surface area contributed by atoms with E-state index >= 15 is 0 Å². The zero-order valence-electron chi connectivity index (χ0n) is 34.2. The molecule has 2 aromatic rings. The first-order valence-corrected chi connectivity index (χ1v) is 18.6. The molecule has 0 bridgehead atoms. The van der Waals surface area contributed by atoms with E-state index in [2.05, 4.69) is 39.3 Å². The van der Waals surface area contributed by atoms with E-state index in [1.165, 1.54) is 40.4 Å². The number of benzene rings is 2. The van der Waals surface area contributed by atoms with Gasteiger partial charge < -0.3 is 36.0 Å². The van der Waals surface area contributed by atoms with Crippen molar-refractivity contribution >= 4 is 53.0 Å². The van der Waals surface area contributed by atoms with Crippen molar-refractivity contribution in [2.75, 3.05) is 32.3 Å². The Bertz CT molecular complexity index is 1380. The second-order valence-corrected chi connectivity index (χ2v) is 11.4. The molecule has 2 atom stereocenters. The summed E-state index contributed by atoms with van der Waals surface area (Å²) < 4.78 is 9.25. The Balaban J connectivity index is -0.000000773. The van der Waals surface area contributed by atoms with Crippen molar-refractivity contribution in [1.29, 1.82) is 0 Å². The lowest BCUT2D eigenvalue weighted by Crippen LogP contribution is -2.38. The summed E-state index contributed by atoms with van der Waals surface area (Å²) in [5.74, 6) is -1.76. The highest BCUT2D eigenvalue weighted by atomic mass is 16.5. The predicted molar refractivity (Wildman–Crippen MR) is 215 cm³/mol. The Kier molecular flexibility index (Phi) is 34.8. The van der Waals surface area contributed by atoms with E-state index in [1.54, 1.807) is 55.6 Å². The lowest BCUT2D eigenvalue weighted by Gasteiger charge is -2.17. The van der Waals surface area contributed by atoms with Crippen molar-refractivity contribution in [3.63, 3.8) is 0 Å². The zero-order valence-corrected chi connectivity index (χ0v) is 34.2. The number of aldehydes is 1. The number of hydrogen-bond acceptors (Lipinski definition) is 11. The molecule has 2 amide bonds. The molecule has 0 saturated heterocycles. The van der Waals surface area contributed by atoms with Crippen LogP contribution in [0.1, 0.15) is 133 Å². The van der Waals surface area contributed by atoms with Crippen LogP contribution in [0.15, 0.2) is 48.5 Å². The van der Waals surface area contributed by atoms with Crippen LogP contribution in [0.5, 0.6) is 0 Å². The Morgan fingerprint density at radius 1 is 0.722 bits per heavy atom. The van der Waals surface area contributed by atoms with Gasteiger partial charge in [-0.2, -0.15) is 0 Å². The minimum absolute atomic E-state index is 0.00122. The van der Waals surface area contributed by atoms with Crippen LogP contribution in [-0.4, -0.2) is 75.0 Å². The normalized spacial score (nSPS) is 10.6. The number of amides is 2. The molecule has 2 rings (SSSR count). The van der Waals surface area contributed by atoms with Gasteiger partial charge in [-0.05, 0) is 51.1 Å². The van der Waals surface area contributed by atoms with E-state index in [0.29, 0.717) is 41.8 Å². The van der Waals surface area contributed by atoms with E-state index in [0.717, 1.165) is 12.7 Å². The quantitative estimate of drug-likeness (QED) is 0.0535. The van der Waals surface area contributed by atoms with Crippen LogP contribution in [0.4, 0.5) is 11.4 Å². The summed E-state index contributed by atoms with van der Waals surface area (Å²) in [5.41, 5.74) is 7.39. The average Bonchev–Trinajstić information content (AvgIpc) is 3.15. The molecule has 0 fully saturated rings. The highest BCUT2D eigenvalue weighted by Crippen LogP contribution is 2.19. The van der Waals surface area contributed by atoms with Gasteiger partial charge in [0.25, 0.3) is 0 Å². The minimum Gasteiger partial charge on any atom is -0.469 e. The predicted octanol–water partition coefficient (Wildman–Crippen LogP) is 6.88. The first kappa shape index (κ1) is 53.4. The third kappa shape index (κ3) is 25.1. The number of carbonyl (C=O) groups excluding carboxylic acids is 7. The average molecular weight is 759 g/mol. The second-order valence-electron chi connectivity index (χ2n) is 11.4. The molecule has 0 spiro atoms. The van der Waals surface area contributed by atoms with E-state index in [4.69, 9.17) is 10.5 Å². The van der Waals surface area contributed by atoms with Crippen molar-refractivity contribution in [3.05, 3.63) is 59.7 Å². The molecule has 2 unspecified atom stereocenters. The van der Waals surface area contributed by atoms with Crippen LogP contribution in [0, 0.1) is 0 Å². The molecule has 0 aliphatic carbocycles. The van der Waals surface area contributed by atoms with Crippen LogP contribution in [-0.2, 0) is 33.4 Å². The van der Waals surface area contributed by atoms with Gasteiger partial charge in [0.2, 0.25) is 11.8 Å². The Morgan fingerprint density at radius 2 is 1.22 bits per heavy atom. The van der Waals surface area contributed by atoms with Crippen LogP contribution < -0.4 is 21.7 Å². The third-order valence-corrected chi connectivity index (χ3v) is 7.09. The fourth-order valence-electron chi connectivity index (χ4n) is 4.44. The zero-order chi connectivity index (χ0) is 41.9. The molecule has 0 aliphatic rings. The molecule has 54 heavy (non-hydrogen) atoms. The van der Waals surface area contributed by atoms with Crippen molar-refractivity contribution in [2.45, 2.75) is 125 Å². The fourth-order valence-corrected chi connectivity index (χ4v) is 4.44. The topological polar surface area (TPSA) is 200 Å². The van der Waals surface area contributed by atoms with Gasteiger partial charge in [0.15, 0.2) is 11.6 Å². The lowest BCUT2D eigenvalue weighted by atomic mass is 10.00. The van der Waals surface area contributed by atoms with Crippen molar-refractivity contribution < 1.29 is 43.0 Å². The van der Waals surface area contributed by atoms with Crippen molar-refractivity contribution in [3.8, 4) is 0 Å². The van der Waals surface area contributed by atoms with E-state index < -0.39 is 24.0 Å². The Morgan fingerprint density at radius 3 is 1.69 bits per heavy atom. The van der Waals surface area contributed by atoms with Crippen molar-refractivity contribution in [2.24, 2.45) is 0 Å². The van der Waals surface area contributed by atoms with Crippen LogP contribution >= 0.6 is 0 Å². The number of nitrogen functional groups attached to an aromatic ring is 1. The van der Waals surface area contributed by atoms with Crippen molar-refractivity contribution in [1.82, 2.24) is 10.6 Å². The summed E-state index contributed by atoms with van der Waals surface area (Å²) >= 11 is 0. The monoisotopic (exact) mass is 758 g/mol. The summed E-state index contributed by atoms with van der Waals surface area (Å²) in [4.78, 5) is 79.9. The number of unbranched alkanes of at least 4 members (excludes halogenated alkanes) is 2. The van der Waals surface area contributed by atoms with Crippen LogP contribution in [0.3, 0.4) is 0 Å². The molecule has 0 aliphatic heterocycles. The number of hydrogen-bond donors (Lipinski definition) is 4. The van der Waals surface area contributed by atoms with Gasteiger partial charge in [-0.15, -0.1) is 0 Å². The summed E-state index contributed by atoms with van der Waals surface area (Å²) in [6.07, 6.45) is 6.89. The number of anilines is 2.